The summed E-state index contributed by atoms with van der Waals surface area (Å²) in [7, 11) is 0. The number of amides is 2. The third kappa shape index (κ3) is 6.34. The van der Waals surface area contributed by atoms with Crippen molar-refractivity contribution in [2.75, 3.05) is 13.2 Å². The van der Waals surface area contributed by atoms with Crippen LogP contribution in [0.5, 0.6) is 0 Å². The molecule has 1 aliphatic rings. The highest BCUT2D eigenvalue weighted by molar-refractivity contribution is 5.79. The minimum absolute atomic E-state index is 0.00875. The second-order valence-corrected chi connectivity index (χ2v) is 8.98. The Balaban J connectivity index is 1.52. The summed E-state index contributed by atoms with van der Waals surface area (Å²) in [6.45, 7) is 6.16. The lowest BCUT2D eigenvalue weighted by Gasteiger charge is -2.22. The van der Waals surface area contributed by atoms with Gasteiger partial charge in [-0.3, -0.25) is 9.59 Å². The molecule has 2 aromatic carbocycles. The van der Waals surface area contributed by atoms with Crippen LogP contribution >= 0.6 is 0 Å². The first-order valence-corrected chi connectivity index (χ1v) is 11.4. The molecule has 0 aliphatic heterocycles. The number of rotatable bonds is 10. The van der Waals surface area contributed by atoms with Gasteiger partial charge in [0.25, 0.3) is 0 Å². The predicted octanol–water partition coefficient (Wildman–Crippen LogP) is 4.17. The fraction of sp³-hybridized carbons (Fsp3) is 0.423. The Hall–Kier alpha value is -3.35. The molecule has 1 aliphatic carbocycles. The van der Waals surface area contributed by atoms with E-state index in [9.17, 15) is 14.4 Å². The number of nitrogens with one attached hydrogen (secondary N) is 2. The number of carboxylic acid groups (broad SMARTS) is 1. The first-order valence-electron chi connectivity index (χ1n) is 11.4. The number of ether oxygens (including phenoxy) is 1. The molecule has 0 bridgehead atoms. The van der Waals surface area contributed by atoms with Crippen LogP contribution < -0.4 is 10.6 Å². The molecule has 3 N–H and O–H groups in total. The Labute approximate surface area is 194 Å². The van der Waals surface area contributed by atoms with Crippen LogP contribution in [0.2, 0.25) is 0 Å². The minimum atomic E-state index is -0.958. The third-order valence-corrected chi connectivity index (χ3v) is 6.13. The molecule has 2 amide bonds. The summed E-state index contributed by atoms with van der Waals surface area (Å²) in [6, 6.07) is 15.9. The molecule has 0 radical (unpaired) electrons. The third-order valence-electron chi connectivity index (χ3n) is 6.13. The van der Waals surface area contributed by atoms with Gasteiger partial charge in [0.2, 0.25) is 5.91 Å². The topological polar surface area (TPSA) is 105 Å². The van der Waals surface area contributed by atoms with Gasteiger partial charge in [-0.1, -0.05) is 62.4 Å². The Kier molecular flexibility index (Phi) is 8.09. The summed E-state index contributed by atoms with van der Waals surface area (Å²) in [5.41, 5.74) is 4.65. The summed E-state index contributed by atoms with van der Waals surface area (Å²) in [5, 5.41) is 14.3. The molecule has 7 heteroatoms. The number of carboxylic acids is 1. The van der Waals surface area contributed by atoms with Crippen molar-refractivity contribution < 1.29 is 24.2 Å². The van der Waals surface area contributed by atoms with Crippen molar-refractivity contribution in [1.29, 1.82) is 0 Å². The second kappa shape index (κ2) is 11.0. The van der Waals surface area contributed by atoms with Gasteiger partial charge in [-0.2, -0.15) is 0 Å². The number of aliphatic carboxylic acids is 1. The van der Waals surface area contributed by atoms with Gasteiger partial charge < -0.3 is 20.5 Å². The molecule has 0 aromatic heterocycles. The van der Waals surface area contributed by atoms with Gasteiger partial charge in [0.05, 0.1) is 6.42 Å². The van der Waals surface area contributed by atoms with Gasteiger partial charge in [-0.25, -0.2) is 4.79 Å². The van der Waals surface area contributed by atoms with Crippen molar-refractivity contribution in [3.63, 3.8) is 0 Å². The lowest BCUT2D eigenvalue weighted by Crippen LogP contribution is -2.39. The minimum Gasteiger partial charge on any atom is -0.481 e. The van der Waals surface area contributed by atoms with Gasteiger partial charge in [-0.05, 0) is 41.0 Å². The van der Waals surface area contributed by atoms with E-state index in [2.05, 4.69) is 34.9 Å². The van der Waals surface area contributed by atoms with Gasteiger partial charge >= 0.3 is 12.1 Å². The number of hydrogen-bond donors (Lipinski definition) is 3. The second-order valence-electron chi connectivity index (χ2n) is 8.98. The number of benzene rings is 2. The molecule has 7 nitrogen and oxygen atoms in total. The van der Waals surface area contributed by atoms with Crippen molar-refractivity contribution in [2.24, 2.45) is 11.8 Å². The zero-order valence-corrected chi connectivity index (χ0v) is 19.3. The van der Waals surface area contributed by atoms with E-state index in [1.54, 1.807) is 6.92 Å². The van der Waals surface area contributed by atoms with Gasteiger partial charge in [0, 0.05) is 24.9 Å². The Morgan fingerprint density at radius 1 is 0.939 bits per heavy atom. The lowest BCUT2D eigenvalue weighted by atomic mass is 9.92. The van der Waals surface area contributed by atoms with E-state index in [0.29, 0.717) is 6.54 Å². The molecule has 3 rings (SSSR count). The zero-order valence-electron chi connectivity index (χ0n) is 19.3. The monoisotopic (exact) mass is 452 g/mol. The van der Waals surface area contributed by atoms with Crippen molar-refractivity contribution in [3.05, 3.63) is 59.7 Å². The summed E-state index contributed by atoms with van der Waals surface area (Å²) in [6.07, 6.45) is -0.441. The van der Waals surface area contributed by atoms with Crippen LogP contribution in [0.3, 0.4) is 0 Å². The fourth-order valence-electron chi connectivity index (χ4n) is 4.29. The molecular weight excluding hydrogens is 420 g/mol. The molecule has 0 spiro atoms. The maximum Gasteiger partial charge on any atom is 0.407 e. The average molecular weight is 453 g/mol. The molecule has 2 aromatic rings. The van der Waals surface area contributed by atoms with E-state index in [1.807, 2.05) is 38.1 Å². The summed E-state index contributed by atoms with van der Waals surface area (Å²) in [4.78, 5) is 35.5. The molecule has 176 valence electrons. The maximum absolute atomic E-state index is 12.4. The smallest absolute Gasteiger partial charge is 0.407 e. The summed E-state index contributed by atoms with van der Waals surface area (Å²) < 4.78 is 5.57. The molecule has 0 heterocycles. The molecule has 33 heavy (non-hydrogen) atoms. The van der Waals surface area contributed by atoms with Crippen molar-refractivity contribution in [2.45, 2.75) is 45.6 Å². The molecule has 0 fully saturated rings. The van der Waals surface area contributed by atoms with E-state index in [-0.39, 0.29) is 43.1 Å². The number of carbonyl (C=O) groups is 3. The summed E-state index contributed by atoms with van der Waals surface area (Å²) >= 11 is 0. The van der Waals surface area contributed by atoms with E-state index in [4.69, 9.17) is 9.84 Å². The van der Waals surface area contributed by atoms with Crippen LogP contribution in [0.4, 0.5) is 4.79 Å². The highest BCUT2D eigenvalue weighted by Crippen LogP contribution is 2.44. The normalized spacial score (nSPS) is 14.2. The van der Waals surface area contributed by atoms with E-state index < -0.39 is 18.1 Å². The van der Waals surface area contributed by atoms with Crippen molar-refractivity contribution >= 4 is 18.0 Å². The van der Waals surface area contributed by atoms with Gasteiger partial charge in [0.1, 0.15) is 6.61 Å². The van der Waals surface area contributed by atoms with E-state index in [1.165, 1.54) is 11.1 Å². The Morgan fingerprint density at radius 2 is 1.52 bits per heavy atom. The maximum atomic E-state index is 12.4. The fourth-order valence-corrected chi connectivity index (χ4v) is 4.29. The Morgan fingerprint density at radius 3 is 2.06 bits per heavy atom. The van der Waals surface area contributed by atoms with Crippen LogP contribution in [-0.4, -0.2) is 42.3 Å². The molecule has 0 saturated heterocycles. The van der Waals surface area contributed by atoms with E-state index >= 15 is 0 Å². The molecule has 2 atom stereocenters. The van der Waals surface area contributed by atoms with Crippen LogP contribution in [0.25, 0.3) is 11.1 Å². The average Bonchev–Trinajstić information content (AvgIpc) is 3.08. The zero-order chi connectivity index (χ0) is 24.0. The predicted molar refractivity (Wildman–Crippen MR) is 126 cm³/mol. The lowest BCUT2D eigenvalue weighted by molar-refractivity contribution is -0.137. The van der Waals surface area contributed by atoms with Gasteiger partial charge in [-0.15, -0.1) is 0 Å². The SMILES string of the molecule is CC(CC(=O)O)NC(=O)CC(CNC(=O)OCC1c2ccccc2-c2ccccc21)C(C)C. The number of carbonyl (C=O) groups excluding carboxylic acids is 2. The van der Waals surface area contributed by atoms with E-state index in [0.717, 1.165) is 11.1 Å². The first-order chi connectivity index (χ1) is 15.8. The highest BCUT2D eigenvalue weighted by atomic mass is 16.5. The van der Waals surface area contributed by atoms with Crippen molar-refractivity contribution in [1.82, 2.24) is 10.6 Å². The highest BCUT2D eigenvalue weighted by Gasteiger charge is 2.29. The van der Waals surface area contributed by atoms with Crippen LogP contribution in [0, 0.1) is 11.8 Å². The number of alkyl carbamates (subject to hydrolysis) is 1. The molecule has 2 unspecified atom stereocenters. The number of hydrogen-bond acceptors (Lipinski definition) is 4. The van der Waals surface area contributed by atoms with Crippen molar-refractivity contribution in [3.8, 4) is 11.1 Å². The summed E-state index contributed by atoms with van der Waals surface area (Å²) in [5.74, 6) is -1.13. The number of fused-ring (bicyclic) bond motifs is 3. The first kappa shape index (κ1) is 24.3. The molecule has 0 saturated carbocycles. The van der Waals surface area contributed by atoms with Crippen LogP contribution in [0.1, 0.15) is 50.7 Å². The van der Waals surface area contributed by atoms with Crippen LogP contribution in [0.15, 0.2) is 48.5 Å². The van der Waals surface area contributed by atoms with Gasteiger partial charge in [0.15, 0.2) is 0 Å². The standard InChI is InChI=1S/C26H32N2O5/c1-16(2)18(13-24(29)28-17(3)12-25(30)31)14-27-26(32)33-15-23-21-10-6-4-8-19(21)20-9-5-7-11-22(20)23/h4-11,16-18,23H,12-15H2,1-3H3,(H,27,32)(H,28,29)(H,30,31). The Bertz CT molecular complexity index is 958. The quantitative estimate of drug-likeness (QED) is 0.502. The molecular formula is C26H32N2O5. The van der Waals surface area contributed by atoms with Crippen LogP contribution in [-0.2, 0) is 14.3 Å². The largest absolute Gasteiger partial charge is 0.481 e.